The summed E-state index contributed by atoms with van der Waals surface area (Å²) in [6.07, 6.45) is 2.80. The molecule has 6 rings (SSSR count). The predicted molar refractivity (Wildman–Crippen MR) is 136 cm³/mol. The number of phenols is 2. The lowest BCUT2D eigenvalue weighted by Gasteiger charge is -2.46. The molecule has 0 bridgehead atoms. The van der Waals surface area contributed by atoms with E-state index < -0.39 is 5.63 Å². The highest BCUT2D eigenvalue weighted by atomic mass is 16.5. The summed E-state index contributed by atoms with van der Waals surface area (Å²) in [5.41, 5.74) is 4.34. The first kappa shape index (κ1) is 22.3. The van der Waals surface area contributed by atoms with E-state index in [0.29, 0.717) is 17.1 Å². The zero-order valence-electron chi connectivity index (χ0n) is 20.0. The minimum atomic E-state index is -0.404. The van der Waals surface area contributed by atoms with Crippen molar-refractivity contribution in [1.29, 1.82) is 0 Å². The molecule has 2 heterocycles. The van der Waals surface area contributed by atoms with Gasteiger partial charge < -0.3 is 24.1 Å². The van der Waals surface area contributed by atoms with E-state index in [9.17, 15) is 15.0 Å². The van der Waals surface area contributed by atoms with E-state index >= 15 is 0 Å². The average Bonchev–Trinajstić information content (AvgIpc) is 2.87. The van der Waals surface area contributed by atoms with Gasteiger partial charge >= 0.3 is 5.63 Å². The van der Waals surface area contributed by atoms with Gasteiger partial charge in [0.25, 0.3) is 0 Å². The van der Waals surface area contributed by atoms with Crippen molar-refractivity contribution in [3.63, 3.8) is 0 Å². The molecule has 0 saturated carbocycles. The number of hydrogen-bond donors (Lipinski definition) is 2. The molecule has 36 heavy (non-hydrogen) atoms. The van der Waals surface area contributed by atoms with Crippen LogP contribution >= 0.6 is 0 Å². The van der Waals surface area contributed by atoms with Crippen LogP contribution in [0.1, 0.15) is 48.0 Å². The number of hydrogen-bond acceptors (Lipinski definition) is 6. The normalized spacial score (nSPS) is 22.8. The molecule has 182 valence electrons. The van der Waals surface area contributed by atoms with Crippen molar-refractivity contribution >= 4 is 11.0 Å². The number of benzene rings is 3. The summed E-state index contributed by atoms with van der Waals surface area (Å²) in [4.78, 5) is 11.9. The van der Waals surface area contributed by atoms with Crippen molar-refractivity contribution < 1.29 is 24.1 Å². The lowest BCUT2D eigenvalue weighted by Crippen LogP contribution is -2.36. The fraction of sp³-hybridized carbons (Fsp3) is 0.233. The van der Waals surface area contributed by atoms with Gasteiger partial charge in [-0.15, -0.1) is 0 Å². The van der Waals surface area contributed by atoms with Crippen LogP contribution in [0, 0.1) is 5.92 Å². The molecular formula is C30H26O6. The summed E-state index contributed by atoms with van der Waals surface area (Å²) in [7, 11) is 1.62. The smallest absolute Gasteiger partial charge is 0.336 e. The highest BCUT2D eigenvalue weighted by Crippen LogP contribution is 2.58. The lowest BCUT2D eigenvalue weighted by atomic mass is 9.63. The first-order valence-corrected chi connectivity index (χ1v) is 12.0. The second kappa shape index (κ2) is 8.48. The predicted octanol–water partition coefficient (Wildman–Crippen LogP) is 6.18. The topological polar surface area (TPSA) is 89.1 Å². The van der Waals surface area contributed by atoms with E-state index in [4.69, 9.17) is 13.9 Å². The molecule has 2 N–H and O–H groups in total. The molecule has 1 aromatic heterocycles. The van der Waals surface area contributed by atoms with E-state index in [-0.39, 0.29) is 35.4 Å². The Balaban J connectivity index is 1.58. The molecule has 0 unspecified atom stereocenters. The van der Waals surface area contributed by atoms with E-state index in [1.54, 1.807) is 37.4 Å². The number of methoxy groups -OCH3 is 1. The van der Waals surface area contributed by atoms with Crippen LogP contribution in [-0.4, -0.2) is 17.3 Å². The fourth-order valence-corrected chi connectivity index (χ4v) is 5.89. The number of aromatic hydroxyl groups is 2. The van der Waals surface area contributed by atoms with Gasteiger partial charge in [-0.3, -0.25) is 0 Å². The average molecular weight is 483 g/mol. The zero-order chi connectivity index (χ0) is 25.0. The summed E-state index contributed by atoms with van der Waals surface area (Å²) in [5, 5.41) is 20.8. The van der Waals surface area contributed by atoms with E-state index in [0.717, 1.165) is 28.5 Å². The summed E-state index contributed by atoms with van der Waals surface area (Å²) < 4.78 is 17.8. The minimum absolute atomic E-state index is 0.0114. The molecule has 0 saturated heterocycles. The SMILES string of the molecule is COc1cc(O)ccc1[C@@H]1CC(C)=C[C@H]2c3cc4ccc(=O)oc4cc3O[C@H](c3ccc(O)cc3)[C@H]21. The Hall–Kier alpha value is -4.19. The summed E-state index contributed by atoms with van der Waals surface area (Å²) in [6, 6.07) is 19.5. The lowest BCUT2D eigenvalue weighted by molar-refractivity contribution is 0.0792. The van der Waals surface area contributed by atoms with E-state index in [1.165, 1.54) is 11.6 Å². The van der Waals surface area contributed by atoms with Gasteiger partial charge in [0.2, 0.25) is 0 Å². The first-order chi connectivity index (χ1) is 17.4. The third kappa shape index (κ3) is 3.70. The van der Waals surface area contributed by atoms with Crippen LogP contribution < -0.4 is 15.1 Å². The van der Waals surface area contributed by atoms with Crippen LogP contribution in [0.4, 0.5) is 0 Å². The number of phenolic OH excluding ortho intramolecular Hbond substituents is 2. The van der Waals surface area contributed by atoms with Crippen LogP contribution in [0.15, 0.2) is 87.6 Å². The van der Waals surface area contributed by atoms with Gasteiger partial charge in [0.1, 0.15) is 34.7 Å². The second-order valence-electron chi connectivity index (χ2n) is 9.67. The van der Waals surface area contributed by atoms with Gasteiger partial charge in [0.05, 0.1) is 7.11 Å². The molecule has 4 atom stereocenters. The zero-order valence-corrected chi connectivity index (χ0v) is 20.0. The highest BCUT2D eigenvalue weighted by Gasteiger charge is 2.46. The maximum Gasteiger partial charge on any atom is 0.336 e. The Labute approximate surface area is 208 Å². The quantitative estimate of drug-likeness (QED) is 0.268. The number of fused-ring (bicyclic) bond motifs is 4. The third-order valence-electron chi connectivity index (χ3n) is 7.44. The molecule has 6 heteroatoms. The Bertz CT molecular complexity index is 1550. The van der Waals surface area contributed by atoms with Crippen LogP contribution in [0.5, 0.6) is 23.0 Å². The molecule has 6 nitrogen and oxygen atoms in total. The van der Waals surface area contributed by atoms with Crippen LogP contribution in [0.2, 0.25) is 0 Å². The Morgan fingerprint density at radius 2 is 1.69 bits per heavy atom. The van der Waals surface area contributed by atoms with Crippen LogP contribution in [0.25, 0.3) is 11.0 Å². The summed E-state index contributed by atoms with van der Waals surface area (Å²) >= 11 is 0. The molecule has 0 spiro atoms. The van der Waals surface area contributed by atoms with Crippen molar-refractivity contribution in [3.8, 4) is 23.0 Å². The second-order valence-corrected chi connectivity index (χ2v) is 9.67. The van der Waals surface area contributed by atoms with E-state index in [2.05, 4.69) is 19.1 Å². The maximum absolute atomic E-state index is 11.9. The van der Waals surface area contributed by atoms with Crippen LogP contribution in [0.3, 0.4) is 0 Å². The largest absolute Gasteiger partial charge is 0.508 e. The number of ether oxygens (including phenoxy) is 2. The highest BCUT2D eigenvalue weighted by molar-refractivity contribution is 5.80. The molecule has 2 aliphatic rings. The van der Waals surface area contributed by atoms with Crippen molar-refractivity contribution in [3.05, 3.63) is 105 Å². The minimum Gasteiger partial charge on any atom is -0.508 e. The molecule has 0 fully saturated rings. The fourth-order valence-electron chi connectivity index (χ4n) is 5.89. The van der Waals surface area contributed by atoms with Gasteiger partial charge in [0.15, 0.2) is 0 Å². The van der Waals surface area contributed by atoms with Crippen molar-refractivity contribution in [1.82, 2.24) is 0 Å². The molecule has 1 aliphatic carbocycles. The van der Waals surface area contributed by atoms with Crippen molar-refractivity contribution in [2.45, 2.75) is 31.3 Å². The van der Waals surface area contributed by atoms with Crippen molar-refractivity contribution in [2.75, 3.05) is 7.11 Å². The van der Waals surface area contributed by atoms with Gasteiger partial charge in [0, 0.05) is 41.0 Å². The summed E-state index contributed by atoms with van der Waals surface area (Å²) in [5.74, 6) is 1.76. The van der Waals surface area contributed by atoms with E-state index in [1.807, 2.05) is 24.3 Å². The Morgan fingerprint density at radius 1 is 0.917 bits per heavy atom. The van der Waals surface area contributed by atoms with Crippen molar-refractivity contribution in [2.24, 2.45) is 5.92 Å². The first-order valence-electron chi connectivity index (χ1n) is 12.0. The number of rotatable bonds is 3. The molecule has 1 aliphatic heterocycles. The van der Waals surface area contributed by atoms with Gasteiger partial charge in [-0.1, -0.05) is 29.8 Å². The number of allylic oxidation sites excluding steroid dienone is 2. The van der Waals surface area contributed by atoms with Crippen LogP contribution in [-0.2, 0) is 0 Å². The Morgan fingerprint density at radius 3 is 2.47 bits per heavy atom. The molecule has 4 aromatic rings. The van der Waals surface area contributed by atoms with Gasteiger partial charge in [-0.2, -0.15) is 0 Å². The van der Waals surface area contributed by atoms with Gasteiger partial charge in [-0.05, 0) is 60.7 Å². The standard InChI is InChI=1S/C30H26O6/c1-16-11-23(21-9-8-20(32)14-26(21)34-2)29-24(12-16)22-13-18-5-10-28(33)35-25(18)15-27(22)36-30(29)17-3-6-19(31)7-4-17/h3-10,12-15,23-24,29-32H,11H2,1-2H3/t23-,24-,29-,30+/m0/s1. The summed E-state index contributed by atoms with van der Waals surface area (Å²) in [6.45, 7) is 2.14. The third-order valence-corrected chi connectivity index (χ3v) is 7.44. The maximum atomic E-state index is 11.9. The molecule has 0 radical (unpaired) electrons. The van der Waals surface area contributed by atoms with Gasteiger partial charge in [-0.25, -0.2) is 4.79 Å². The Kier molecular flexibility index (Phi) is 5.25. The molecule has 3 aromatic carbocycles. The molecular weight excluding hydrogens is 456 g/mol. The molecule has 0 amide bonds. The monoisotopic (exact) mass is 482 g/mol.